The first-order chi connectivity index (χ1) is 14.4. The van der Waals surface area contributed by atoms with Crippen molar-refractivity contribution in [2.24, 2.45) is 5.92 Å². The van der Waals surface area contributed by atoms with Crippen LogP contribution < -0.4 is 15.5 Å². The number of carbonyl (C=O) groups is 3. The lowest BCUT2D eigenvalue weighted by molar-refractivity contribution is -0.127. The molecule has 2 aromatic carbocycles. The number of anilines is 2. The van der Waals surface area contributed by atoms with E-state index in [-0.39, 0.29) is 30.7 Å². The number of amides is 3. The van der Waals surface area contributed by atoms with Crippen LogP contribution in [0.3, 0.4) is 0 Å². The summed E-state index contributed by atoms with van der Waals surface area (Å²) in [6, 6.07) is 14.7. The van der Waals surface area contributed by atoms with Crippen molar-refractivity contribution in [2.75, 3.05) is 23.3 Å². The van der Waals surface area contributed by atoms with Crippen LogP contribution in [-0.4, -0.2) is 30.8 Å². The van der Waals surface area contributed by atoms with Gasteiger partial charge in [0.2, 0.25) is 17.7 Å². The molecule has 1 unspecified atom stereocenters. The molecule has 0 radical (unpaired) electrons. The van der Waals surface area contributed by atoms with Crippen LogP contribution in [0.4, 0.5) is 11.4 Å². The smallest absolute Gasteiger partial charge is 0.243 e. The number of benzene rings is 2. The van der Waals surface area contributed by atoms with Gasteiger partial charge in [0.15, 0.2) is 0 Å². The second-order valence-electron chi connectivity index (χ2n) is 7.65. The summed E-state index contributed by atoms with van der Waals surface area (Å²) in [4.78, 5) is 38.7. The maximum Gasteiger partial charge on any atom is 0.243 e. The van der Waals surface area contributed by atoms with E-state index in [0.717, 1.165) is 11.3 Å². The molecule has 1 heterocycles. The Labute approximate surface area is 176 Å². The van der Waals surface area contributed by atoms with E-state index >= 15 is 0 Å². The van der Waals surface area contributed by atoms with Gasteiger partial charge in [-0.05, 0) is 41.8 Å². The second kappa shape index (κ2) is 9.27. The van der Waals surface area contributed by atoms with Crippen molar-refractivity contribution in [1.82, 2.24) is 5.32 Å². The monoisotopic (exact) mass is 403 g/mol. The fourth-order valence-corrected chi connectivity index (χ4v) is 3.39. The van der Waals surface area contributed by atoms with Crippen LogP contribution in [0, 0.1) is 18.3 Å². The van der Waals surface area contributed by atoms with E-state index in [4.69, 9.17) is 6.42 Å². The van der Waals surface area contributed by atoms with Gasteiger partial charge in [-0.1, -0.05) is 38.0 Å². The molecule has 3 rings (SSSR count). The lowest BCUT2D eigenvalue weighted by atomic mass is 10.0. The summed E-state index contributed by atoms with van der Waals surface area (Å²) in [5, 5.41) is 5.32. The average Bonchev–Trinajstić information content (AvgIpc) is 3.14. The standard InChI is InChI=1S/C24H25N3O3/c1-4-17-7-5-9-20(11-17)26-22(28)14-25-24(30)19-13-23(29)27(15-19)21-10-6-8-18(12-21)16(2)3/h1,5-12,16,19H,13-15H2,2-3H3,(H,25,30)(H,26,28). The molecule has 6 heteroatoms. The van der Waals surface area contributed by atoms with Crippen molar-refractivity contribution in [2.45, 2.75) is 26.2 Å². The van der Waals surface area contributed by atoms with Gasteiger partial charge in [-0.2, -0.15) is 0 Å². The summed E-state index contributed by atoms with van der Waals surface area (Å²) in [6.07, 6.45) is 5.48. The average molecular weight is 403 g/mol. The highest BCUT2D eigenvalue weighted by atomic mass is 16.2. The van der Waals surface area contributed by atoms with Gasteiger partial charge >= 0.3 is 0 Å². The largest absolute Gasteiger partial charge is 0.347 e. The number of nitrogens with zero attached hydrogens (tertiary/aromatic N) is 1. The van der Waals surface area contributed by atoms with E-state index in [9.17, 15) is 14.4 Å². The molecule has 6 nitrogen and oxygen atoms in total. The SMILES string of the molecule is C#Cc1cccc(NC(=O)CNC(=O)C2CC(=O)N(c3cccc(C(C)C)c3)C2)c1. The van der Waals surface area contributed by atoms with Gasteiger partial charge in [-0.25, -0.2) is 0 Å². The molecule has 1 atom stereocenters. The van der Waals surface area contributed by atoms with Crippen molar-refractivity contribution in [3.05, 3.63) is 59.7 Å². The molecule has 154 valence electrons. The molecule has 0 saturated carbocycles. The van der Waals surface area contributed by atoms with Crippen molar-refractivity contribution < 1.29 is 14.4 Å². The molecule has 1 fully saturated rings. The number of rotatable bonds is 6. The van der Waals surface area contributed by atoms with Gasteiger partial charge in [0.05, 0.1) is 12.5 Å². The first-order valence-electron chi connectivity index (χ1n) is 9.92. The number of hydrogen-bond donors (Lipinski definition) is 2. The highest BCUT2D eigenvalue weighted by Crippen LogP contribution is 2.27. The van der Waals surface area contributed by atoms with Crippen molar-refractivity contribution >= 4 is 29.1 Å². The van der Waals surface area contributed by atoms with Gasteiger partial charge in [-0.15, -0.1) is 6.42 Å². The Kier molecular flexibility index (Phi) is 6.53. The second-order valence-corrected chi connectivity index (χ2v) is 7.65. The summed E-state index contributed by atoms with van der Waals surface area (Å²) >= 11 is 0. The Hall–Kier alpha value is -3.59. The Morgan fingerprint density at radius 3 is 2.70 bits per heavy atom. The van der Waals surface area contributed by atoms with Crippen molar-refractivity contribution in [3.8, 4) is 12.3 Å². The third kappa shape index (κ3) is 5.06. The van der Waals surface area contributed by atoms with Gasteiger partial charge in [0.1, 0.15) is 0 Å². The lowest BCUT2D eigenvalue weighted by Crippen LogP contribution is -2.37. The quantitative estimate of drug-likeness (QED) is 0.728. The zero-order valence-corrected chi connectivity index (χ0v) is 17.1. The Bertz CT molecular complexity index is 1010. The fourth-order valence-electron chi connectivity index (χ4n) is 3.39. The predicted molar refractivity (Wildman–Crippen MR) is 117 cm³/mol. The molecule has 0 aliphatic carbocycles. The number of nitrogens with one attached hydrogen (secondary N) is 2. The maximum absolute atomic E-state index is 12.5. The van der Waals surface area contributed by atoms with Crippen LogP contribution >= 0.6 is 0 Å². The molecule has 0 aromatic heterocycles. The topological polar surface area (TPSA) is 78.5 Å². The number of terminal acetylenes is 1. The lowest BCUT2D eigenvalue weighted by Gasteiger charge is -2.18. The molecular weight excluding hydrogens is 378 g/mol. The van der Waals surface area contributed by atoms with Crippen molar-refractivity contribution in [1.29, 1.82) is 0 Å². The number of carbonyl (C=O) groups excluding carboxylic acids is 3. The van der Waals surface area contributed by atoms with Crippen LogP contribution in [0.2, 0.25) is 0 Å². The third-order valence-electron chi connectivity index (χ3n) is 5.08. The van der Waals surface area contributed by atoms with Crippen LogP contribution in [0.15, 0.2) is 48.5 Å². The molecule has 1 saturated heterocycles. The maximum atomic E-state index is 12.5. The van der Waals surface area contributed by atoms with Crippen LogP contribution in [0.25, 0.3) is 0 Å². The minimum Gasteiger partial charge on any atom is -0.347 e. The molecule has 0 spiro atoms. The highest BCUT2D eigenvalue weighted by molar-refractivity contribution is 6.01. The summed E-state index contributed by atoms with van der Waals surface area (Å²) in [5.74, 6) is 1.61. The minimum absolute atomic E-state index is 0.0911. The summed E-state index contributed by atoms with van der Waals surface area (Å²) in [6.45, 7) is 4.31. The van der Waals surface area contributed by atoms with Gasteiger partial charge in [-0.3, -0.25) is 14.4 Å². The first-order valence-corrected chi connectivity index (χ1v) is 9.92. The minimum atomic E-state index is -0.488. The Balaban J connectivity index is 1.55. The first kappa shape index (κ1) is 21.1. The van der Waals surface area contributed by atoms with Gasteiger partial charge < -0.3 is 15.5 Å². The van der Waals surface area contributed by atoms with Gasteiger partial charge in [0, 0.05) is 29.9 Å². The normalized spacial score (nSPS) is 15.7. The summed E-state index contributed by atoms with van der Waals surface area (Å²) < 4.78 is 0. The van der Waals surface area contributed by atoms with E-state index in [1.54, 1.807) is 29.2 Å². The van der Waals surface area contributed by atoms with E-state index < -0.39 is 5.92 Å². The fraction of sp³-hybridized carbons (Fsp3) is 0.292. The van der Waals surface area contributed by atoms with E-state index in [2.05, 4.69) is 30.4 Å². The zero-order valence-electron chi connectivity index (χ0n) is 17.1. The van der Waals surface area contributed by atoms with E-state index in [0.29, 0.717) is 23.7 Å². The molecular formula is C24H25N3O3. The number of hydrogen-bond acceptors (Lipinski definition) is 3. The predicted octanol–water partition coefficient (Wildman–Crippen LogP) is 2.90. The molecule has 1 aliphatic rings. The molecule has 2 aromatic rings. The molecule has 2 N–H and O–H groups in total. The van der Waals surface area contributed by atoms with Crippen LogP contribution in [0.1, 0.15) is 37.3 Å². The van der Waals surface area contributed by atoms with Crippen LogP contribution in [-0.2, 0) is 14.4 Å². The Morgan fingerprint density at radius 2 is 1.97 bits per heavy atom. The zero-order chi connectivity index (χ0) is 21.7. The highest BCUT2D eigenvalue weighted by Gasteiger charge is 2.35. The van der Waals surface area contributed by atoms with Gasteiger partial charge in [0.25, 0.3) is 0 Å². The molecule has 0 bridgehead atoms. The van der Waals surface area contributed by atoms with E-state index in [1.807, 2.05) is 24.3 Å². The Morgan fingerprint density at radius 1 is 1.20 bits per heavy atom. The molecule has 3 amide bonds. The van der Waals surface area contributed by atoms with Crippen LogP contribution in [0.5, 0.6) is 0 Å². The van der Waals surface area contributed by atoms with E-state index in [1.165, 1.54) is 0 Å². The molecule has 1 aliphatic heterocycles. The summed E-state index contributed by atoms with van der Waals surface area (Å²) in [7, 11) is 0. The third-order valence-corrected chi connectivity index (χ3v) is 5.08. The molecule has 30 heavy (non-hydrogen) atoms. The summed E-state index contributed by atoms with van der Waals surface area (Å²) in [5.41, 5.74) is 3.16. The van der Waals surface area contributed by atoms with Crippen molar-refractivity contribution in [3.63, 3.8) is 0 Å².